The maximum absolute atomic E-state index is 13.6. The van der Waals surface area contributed by atoms with Crippen LogP contribution >= 0.6 is 11.3 Å². The second-order valence-corrected chi connectivity index (χ2v) is 6.13. The van der Waals surface area contributed by atoms with Crippen molar-refractivity contribution in [1.82, 2.24) is 4.98 Å². The number of hydrogen-bond acceptors (Lipinski definition) is 6. The van der Waals surface area contributed by atoms with Gasteiger partial charge in [-0.05, 0) is 24.3 Å². The SMILES string of the molecule is COc1ccc(-c2nc(C(=O)OCc3ccccc3F)cs2)cc1OC. The van der Waals surface area contributed by atoms with E-state index in [9.17, 15) is 9.18 Å². The number of nitrogens with zero attached hydrogens (tertiary/aromatic N) is 1. The third-order valence-electron chi connectivity index (χ3n) is 3.66. The van der Waals surface area contributed by atoms with Crippen molar-refractivity contribution in [3.63, 3.8) is 0 Å². The van der Waals surface area contributed by atoms with Gasteiger partial charge in [0.25, 0.3) is 0 Å². The molecular formula is C19H16FNO4S. The minimum atomic E-state index is -0.601. The maximum Gasteiger partial charge on any atom is 0.358 e. The Bertz CT molecular complexity index is 925. The van der Waals surface area contributed by atoms with Crippen molar-refractivity contribution < 1.29 is 23.4 Å². The Morgan fingerprint density at radius 3 is 2.62 bits per heavy atom. The zero-order chi connectivity index (χ0) is 18.5. The van der Waals surface area contributed by atoms with E-state index in [1.165, 1.54) is 17.4 Å². The molecule has 0 spiro atoms. The number of carbonyl (C=O) groups is 1. The molecule has 0 fully saturated rings. The molecule has 3 rings (SSSR count). The van der Waals surface area contributed by atoms with Crippen LogP contribution in [0.1, 0.15) is 16.1 Å². The number of aromatic nitrogens is 1. The van der Waals surface area contributed by atoms with E-state index >= 15 is 0 Å². The normalized spacial score (nSPS) is 10.4. The highest BCUT2D eigenvalue weighted by atomic mass is 32.1. The van der Waals surface area contributed by atoms with Crippen molar-refractivity contribution in [2.45, 2.75) is 6.61 Å². The topological polar surface area (TPSA) is 57.7 Å². The summed E-state index contributed by atoms with van der Waals surface area (Å²) in [4.78, 5) is 16.5. The summed E-state index contributed by atoms with van der Waals surface area (Å²) in [5, 5.41) is 2.25. The Balaban J connectivity index is 1.73. The molecule has 0 saturated carbocycles. The van der Waals surface area contributed by atoms with Gasteiger partial charge in [0.15, 0.2) is 17.2 Å². The third-order valence-corrected chi connectivity index (χ3v) is 4.55. The van der Waals surface area contributed by atoms with Crippen LogP contribution < -0.4 is 9.47 Å². The number of halogens is 1. The lowest BCUT2D eigenvalue weighted by Gasteiger charge is -2.08. The van der Waals surface area contributed by atoms with E-state index in [1.54, 1.807) is 49.9 Å². The number of esters is 1. The Morgan fingerprint density at radius 2 is 1.88 bits per heavy atom. The number of benzene rings is 2. The largest absolute Gasteiger partial charge is 0.493 e. The van der Waals surface area contributed by atoms with Gasteiger partial charge < -0.3 is 14.2 Å². The zero-order valence-electron chi connectivity index (χ0n) is 14.2. The van der Waals surface area contributed by atoms with Crippen LogP contribution in [0.2, 0.25) is 0 Å². The summed E-state index contributed by atoms with van der Waals surface area (Å²) < 4.78 is 29.2. The molecule has 0 aliphatic heterocycles. The first-order valence-corrected chi connectivity index (χ1v) is 8.58. The van der Waals surface area contributed by atoms with E-state index in [2.05, 4.69) is 4.98 Å². The van der Waals surface area contributed by atoms with Gasteiger partial charge >= 0.3 is 5.97 Å². The van der Waals surface area contributed by atoms with Gasteiger partial charge in [0.1, 0.15) is 17.4 Å². The molecule has 26 heavy (non-hydrogen) atoms. The van der Waals surface area contributed by atoms with Crippen LogP contribution in [0.5, 0.6) is 11.5 Å². The fourth-order valence-corrected chi connectivity index (χ4v) is 3.09. The lowest BCUT2D eigenvalue weighted by atomic mass is 10.2. The first-order valence-electron chi connectivity index (χ1n) is 7.71. The van der Waals surface area contributed by atoms with E-state index in [4.69, 9.17) is 14.2 Å². The van der Waals surface area contributed by atoms with Crippen molar-refractivity contribution in [2.24, 2.45) is 0 Å². The quantitative estimate of drug-likeness (QED) is 0.602. The number of rotatable bonds is 6. The van der Waals surface area contributed by atoms with Crippen LogP contribution in [0.25, 0.3) is 10.6 Å². The number of hydrogen-bond donors (Lipinski definition) is 0. The molecule has 5 nitrogen and oxygen atoms in total. The van der Waals surface area contributed by atoms with Crippen molar-refractivity contribution in [3.05, 3.63) is 64.9 Å². The molecule has 0 aliphatic carbocycles. The summed E-state index contributed by atoms with van der Waals surface area (Å²) in [6.07, 6.45) is 0. The van der Waals surface area contributed by atoms with Gasteiger partial charge in [0.05, 0.1) is 14.2 Å². The summed E-state index contributed by atoms with van der Waals surface area (Å²) in [7, 11) is 3.11. The van der Waals surface area contributed by atoms with E-state index in [0.29, 0.717) is 22.1 Å². The maximum atomic E-state index is 13.6. The average Bonchev–Trinajstić information content (AvgIpc) is 3.17. The minimum Gasteiger partial charge on any atom is -0.493 e. The molecule has 0 unspecified atom stereocenters. The Hall–Kier alpha value is -2.93. The minimum absolute atomic E-state index is 0.144. The highest BCUT2D eigenvalue weighted by Crippen LogP contribution is 2.33. The summed E-state index contributed by atoms with van der Waals surface area (Å²) in [5.41, 5.74) is 1.29. The molecule has 0 radical (unpaired) electrons. The van der Waals surface area contributed by atoms with Crippen molar-refractivity contribution in [3.8, 4) is 22.1 Å². The zero-order valence-corrected chi connectivity index (χ0v) is 15.0. The van der Waals surface area contributed by atoms with Crippen LogP contribution in [0.15, 0.2) is 47.8 Å². The number of methoxy groups -OCH3 is 2. The monoisotopic (exact) mass is 373 g/mol. The summed E-state index contributed by atoms with van der Waals surface area (Å²) in [6.45, 7) is -0.144. The second kappa shape index (κ2) is 7.97. The molecule has 1 aromatic heterocycles. The number of thiazole rings is 1. The fraction of sp³-hybridized carbons (Fsp3) is 0.158. The predicted molar refractivity (Wildman–Crippen MR) is 96.2 cm³/mol. The van der Waals surface area contributed by atoms with Gasteiger partial charge in [-0.15, -0.1) is 11.3 Å². The molecule has 2 aromatic carbocycles. The summed E-state index contributed by atoms with van der Waals surface area (Å²) in [5.74, 6) is 0.169. The van der Waals surface area contributed by atoms with Crippen LogP contribution in [0.4, 0.5) is 4.39 Å². The molecule has 134 valence electrons. The molecule has 3 aromatic rings. The summed E-state index contributed by atoms with van der Waals surface area (Å²) in [6, 6.07) is 11.5. The van der Waals surface area contributed by atoms with Crippen LogP contribution in [0.3, 0.4) is 0 Å². The van der Waals surface area contributed by atoms with Crippen LogP contribution in [-0.2, 0) is 11.3 Å². The smallest absolute Gasteiger partial charge is 0.358 e. The molecule has 0 amide bonds. The van der Waals surface area contributed by atoms with Crippen molar-refractivity contribution >= 4 is 17.3 Å². The van der Waals surface area contributed by atoms with Gasteiger partial charge in [0, 0.05) is 16.5 Å². The lowest BCUT2D eigenvalue weighted by Crippen LogP contribution is -2.06. The highest BCUT2D eigenvalue weighted by Gasteiger charge is 2.15. The van der Waals surface area contributed by atoms with E-state index in [1.807, 2.05) is 6.07 Å². The first-order chi connectivity index (χ1) is 12.6. The first kappa shape index (κ1) is 17.9. The highest BCUT2D eigenvalue weighted by molar-refractivity contribution is 7.13. The third kappa shape index (κ3) is 3.83. The van der Waals surface area contributed by atoms with Gasteiger partial charge in [-0.1, -0.05) is 18.2 Å². The van der Waals surface area contributed by atoms with Gasteiger partial charge in [0.2, 0.25) is 0 Å². The van der Waals surface area contributed by atoms with Crippen LogP contribution in [0, 0.1) is 5.82 Å². The van der Waals surface area contributed by atoms with Gasteiger partial charge in [-0.2, -0.15) is 0 Å². The molecule has 0 aliphatic rings. The summed E-state index contributed by atoms with van der Waals surface area (Å²) >= 11 is 1.31. The molecule has 0 N–H and O–H groups in total. The van der Waals surface area contributed by atoms with Gasteiger partial charge in [-0.25, -0.2) is 14.2 Å². The molecule has 7 heteroatoms. The molecule has 0 saturated heterocycles. The van der Waals surface area contributed by atoms with E-state index in [-0.39, 0.29) is 12.3 Å². The fourth-order valence-electron chi connectivity index (χ4n) is 2.30. The average molecular weight is 373 g/mol. The van der Waals surface area contributed by atoms with E-state index in [0.717, 1.165) is 5.56 Å². The number of carbonyl (C=O) groups excluding carboxylic acids is 1. The molecule has 0 atom stereocenters. The van der Waals surface area contributed by atoms with Gasteiger partial charge in [-0.3, -0.25) is 0 Å². The predicted octanol–water partition coefficient (Wildman–Crippen LogP) is 4.32. The van der Waals surface area contributed by atoms with Crippen molar-refractivity contribution in [2.75, 3.05) is 14.2 Å². The molecular weight excluding hydrogens is 357 g/mol. The van der Waals surface area contributed by atoms with E-state index < -0.39 is 11.8 Å². The second-order valence-electron chi connectivity index (χ2n) is 5.28. The standard InChI is InChI=1S/C19H16FNO4S/c1-23-16-8-7-12(9-17(16)24-2)18-21-15(11-26-18)19(22)25-10-13-5-3-4-6-14(13)20/h3-9,11H,10H2,1-2H3. The molecule has 0 bridgehead atoms. The Labute approximate surface area is 154 Å². The Kier molecular flexibility index (Phi) is 5.48. The van der Waals surface area contributed by atoms with Crippen molar-refractivity contribution in [1.29, 1.82) is 0 Å². The Morgan fingerprint density at radius 1 is 1.12 bits per heavy atom. The number of ether oxygens (including phenoxy) is 3. The lowest BCUT2D eigenvalue weighted by molar-refractivity contribution is 0.0463. The van der Waals surface area contributed by atoms with Crippen LogP contribution in [-0.4, -0.2) is 25.2 Å². The molecule has 1 heterocycles.